The maximum Gasteiger partial charge on any atom is 0.257 e. The van der Waals surface area contributed by atoms with E-state index in [1.165, 1.54) is 29.5 Å². The lowest BCUT2D eigenvalue weighted by atomic mass is 10.0. The number of piperidine rings is 1. The summed E-state index contributed by atoms with van der Waals surface area (Å²) in [7, 11) is 0. The van der Waals surface area contributed by atoms with Crippen LogP contribution in [0.5, 0.6) is 0 Å². The third kappa shape index (κ3) is 3.78. The molecule has 1 aliphatic heterocycles. The van der Waals surface area contributed by atoms with Crippen LogP contribution in [0.1, 0.15) is 39.3 Å². The molecule has 0 atom stereocenters. The molecule has 3 heterocycles. The highest BCUT2D eigenvalue weighted by atomic mass is 19.1. The second-order valence-electron chi connectivity index (χ2n) is 7.06. The van der Waals surface area contributed by atoms with Crippen molar-refractivity contribution >= 4 is 11.8 Å². The molecule has 1 aromatic carbocycles. The highest BCUT2D eigenvalue weighted by Gasteiger charge is 2.26. The van der Waals surface area contributed by atoms with Gasteiger partial charge in [-0.3, -0.25) is 9.59 Å². The molecule has 0 bridgehead atoms. The number of nitrogens with one attached hydrogen (secondary N) is 1. The molecule has 2 amide bonds. The predicted octanol–water partition coefficient (Wildman–Crippen LogP) is 2.95. The van der Waals surface area contributed by atoms with Gasteiger partial charge in [-0.2, -0.15) is 5.10 Å². The minimum absolute atomic E-state index is 0.0351. The lowest BCUT2D eigenvalue weighted by Gasteiger charge is -2.32. The third-order valence-electron chi connectivity index (χ3n) is 5.22. The van der Waals surface area contributed by atoms with Gasteiger partial charge in [0.05, 0.1) is 29.3 Å². The van der Waals surface area contributed by atoms with Gasteiger partial charge in [0, 0.05) is 19.1 Å². The van der Waals surface area contributed by atoms with Crippen LogP contribution in [0.15, 0.2) is 53.5 Å². The van der Waals surface area contributed by atoms with Crippen molar-refractivity contribution in [3.8, 4) is 5.69 Å². The van der Waals surface area contributed by atoms with Crippen molar-refractivity contribution in [2.75, 3.05) is 13.1 Å². The average Bonchev–Trinajstić information content (AvgIpc) is 3.39. The monoisotopic (exact) mass is 396 g/mol. The van der Waals surface area contributed by atoms with Crippen molar-refractivity contribution in [2.45, 2.75) is 25.8 Å². The number of benzene rings is 1. The van der Waals surface area contributed by atoms with Crippen LogP contribution in [-0.2, 0) is 0 Å². The summed E-state index contributed by atoms with van der Waals surface area (Å²) in [6.07, 6.45) is 5.69. The van der Waals surface area contributed by atoms with Crippen LogP contribution in [0.25, 0.3) is 5.69 Å². The maximum atomic E-state index is 14.0. The van der Waals surface area contributed by atoms with Gasteiger partial charge in [-0.15, -0.1) is 0 Å². The van der Waals surface area contributed by atoms with Gasteiger partial charge in [0.25, 0.3) is 11.8 Å². The molecule has 8 heteroatoms. The molecule has 3 aromatic rings. The molecular weight excluding hydrogens is 375 g/mol. The molecule has 1 N–H and O–H groups in total. The molecule has 0 spiro atoms. The number of carbonyl (C=O) groups excluding carboxylic acids is 2. The molecule has 0 radical (unpaired) electrons. The molecule has 2 aromatic heterocycles. The van der Waals surface area contributed by atoms with Crippen molar-refractivity contribution in [2.24, 2.45) is 0 Å². The van der Waals surface area contributed by atoms with Crippen LogP contribution in [-0.4, -0.2) is 45.6 Å². The Hall–Kier alpha value is -3.42. The smallest absolute Gasteiger partial charge is 0.257 e. The van der Waals surface area contributed by atoms with Crippen LogP contribution in [0.3, 0.4) is 0 Å². The lowest BCUT2D eigenvalue weighted by Crippen LogP contribution is -2.46. The number of furan rings is 1. The summed E-state index contributed by atoms with van der Waals surface area (Å²) in [5.41, 5.74) is 1.81. The minimum atomic E-state index is -0.402. The molecule has 1 saturated heterocycles. The summed E-state index contributed by atoms with van der Waals surface area (Å²) in [6.45, 7) is 2.85. The van der Waals surface area contributed by atoms with Crippen LogP contribution in [0, 0.1) is 12.7 Å². The number of para-hydroxylation sites is 1. The van der Waals surface area contributed by atoms with E-state index < -0.39 is 5.82 Å². The number of aromatic nitrogens is 2. The number of rotatable bonds is 4. The topological polar surface area (TPSA) is 80.4 Å². The van der Waals surface area contributed by atoms with E-state index in [2.05, 4.69) is 10.4 Å². The Kier molecular flexibility index (Phi) is 5.16. The Balaban J connectivity index is 1.38. The summed E-state index contributed by atoms with van der Waals surface area (Å²) in [5, 5.41) is 7.19. The van der Waals surface area contributed by atoms with Gasteiger partial charge in [-0.05, 0) is 38.0 Å². The second-order valence-corrected chi connectivity index (χ2v) is 7.06. The zero-order valence-electron chi connectivity index (χ0n) is 16.0. The molecule has 0 unspecified atom stereocenters. The van der Waals surface area contributed by atoms with Gasteiger partial charge in [0.1, 0.15) is 17.8 Å². The third-order valence-corrected chi connectivity index (χ3v) is 5.22. The molecule has 1 fully saturated rings. The Morgan fingerprint density at radius 1 is 1.21 bits per heavy atom. The fourth-order valence-corrected chi connectivity index (χ4v) is 3.56. The van der Waals surface area contributed by atoms with Gasteiger partial charge in [0.15, 0.2) is 0 Å². The maximum absolute atomic E-state index is 14.0. The van der Waals surface area contributed by atoms with Crippen LogP contribution in [0.4, 0.5) is 4.39 Å². The SMILES string of the molecule is Cc1c(C(=O)NC2CCN(C(=O)c3ccoc3)CC2)cnn1-c1ccccc1F. The zero-order chi connectivity index (χ0) is 20.4. The van der Waals surface area contributed by atoms with Crippen LogP contribution >= 0.6 is 0 Å². The predicted molar refractivity (Wildman–Crippen MR) is 103 cm³/mol. The summed E-state index contributed by atoms with van der Waals surface area (Å²) in [5.74, 6) is -0.712. The van der Waals surface area contributed by atoms with E-state index in [1.54, 1.807) is 36.1 Å². The highest BCUT2D eigenvalue weighted by molar-refractivity contribution is 5.95. The summed E-state index contributed by atoms with van der Waals surface area (Å²) in [6, 6.07) is 7.91. The Bertz CT molecular complexity index is 1020. The first-order chi connectivity index (χ1) is 14.0. The molecule has 7 nitrogen and oxygen atoms in total. The molecule has 150 valence electrons. The normalized spacial score (nSPS) is 14.8. The first kappa shape index (κ1) is 18.9. The van der Waals surface area contributed by atoms with Crippen molar-refractivity contribution < 1.29 is 18.4 Å². The van der Waals surface area contributed by atoms with E-state index in [0.717, 1.165) is 0 Å². The van der Waals surface area contributed by atoms with Gasteiger partial charge < -0.3 is 14.6 Å². The number of hydrogen-bond donors (Lipinski definition) is 1. The number of hydrogen-bond acceptors (Lipinski definition) is 4. The summed E-state index contributed by atoms with van der Waals surface area (Å²) < 4.78 is 20.4. The standard InChI is InChI=1S/C21H21FN4O3/c1-14-17(12-23-26(14)19-5-3-2-4-18(19)22)20(27)24-16-6-9-25(10-7-16)21(28)15-8-11-29-13-15/h2-5,8,11-13,16H,6-7,9-10H2,1H3,(H,24,27). The van der Waals surface area contributed by atoms with Crippen molar-refractivity contribution in [3.63, 3.8) is 0 Å². The molecular formula is C21H21FN4O3. The Morgan fingerprint density at radius 2 is 1.97 bits per heavy atom. The second kappa shape index (κ2) is 7.90. The minimum Gasteiger partial charge on any atom is -0.472 e. The van der Waals surface area contributed by atoms with Crippen LogP contribution in [0.2, 0.25) is 0 Å². The molecule has 4 rings (SSSR count). The lowest BCUT2D eigenvalue weighted by molar-refractivity contribution is 0.0697. The molecule has 29 heavy (non-hydrogen) atoms. The summed E-state index contributed by atoms with van der Waals surface area (Å²) >= 11 is 0. The quantitative estimate of drug-likeness (QED) is 0.735. The van der Waals surface area contributed by atoms with Crippen LogP contribution < -0.4 is 5.32 Å². The van der Waals surface area contributed by atoms with Gasteiger partial charge in [-0.1, -0.05) is 12.1 Å². The van der Waals surface area contributed by atoms with E-state index in [0.29, 0.717) is 48.4 Å². The number of likely N-dealkylation sites (tertiary alicyclic amines) is 1. The molecule has 1 aliphatic rings. The Morgan fingerprint density at radius 3 is 2.66 bits per heavy atom. The molecule has 0 aliphatic carbocycles. The number of nitrogens with zero attached hydrogens (tertiary/aromatic N) is 3. The summed E-state index contributed by atoms with van der Waals surface area (Å²) in [4.78, 5) is 26.8. The van der Waals surface area contributed by atoms with Crippen molar-refractivity contribution in [1.29, 1.82) is 0 Å². The fraction of sp³-hybridized carbons (Fsp3) is 0.286. The van der Waals surface area contributed by atoms with E-state index >= 15 is 0 Å². The zero-order valence-corrected chi connectivity index (χ0v) is 16.0. The van der Waals surface area contributed by atoms with E-state index in [4.69, 9.17) is 4.42 Å². The Labute approximate surface area is 167 Å². The van der Waals surface area contributed by atoms with E-state index in [9.17, 15) is 14.0 Å². The van der Waals surface area contributed by atoms with Crippen molar-refractivity contribution in [1.82, 2.24) is 20.0 Å². The van der Waals surface area contributed by atoms with E-state index in [-0.39, 0.29) is 17.9 Å². The first-order valence-electron chi connectivity index (χ1n) is 9.46. The number of carbonyl (C=O) groups is 2. The van der Waals surface area contributed by atoms with Gasteiger partial charge in [-0.25, -0.2) is 9.07 Å². The van der Waals surface area contributed by atoms with E-state index in [1.807, 2.05) is 0 Å². The number of halogens is 1. The van der Waals surface area contributed by atoms with Gasteiger partial charge in [0.2, 0.25) is 0 Å². The van der Waals surface area contributed by atoms with Gasteiger partial charge >= 0.3 is 0 Å². The highest BCUT2D eigenvalue weighted by Crippen LogP contribution is 2.19. The fourth-order valence-electron chi connectivity index (χ4n) is 3.56. The first-order valence-corrected chi connectivity index (χ1v) is 9.46. The average molecular weight is 396 g/mol. The van der Waals surface area contributed by atoms with Crippen molar-refractivity contribution in [3.05, 3.63) is 71.7 Å². The molecule has 0 saturated carbocycles. The number of amides is 2. The largest absolute Gasteiger partial charge is 0.472 e.